The van der Waals surface area contributed by atoms with Crippen LogP contribution in [-0.2, 0) is 39.7 Å². The first kappa shape index (κ1) is 24.9. The van der Waals surface area contributed by atoms with Gasteiger partial charge >= 0.3 is 17.6 Å². The number of amides is 1. The zero-order chi connectivity index (χ0) is 25.2. The van der Waals surface area contributed by atoms with Crippen LogP contribution in [-0.4, -0.2) is 49.7 Å². The van der Waals surface area contributed by atoms with Crippen molar-refractivity contribution in [3.63, 3.8) is 0 Å². The normalized spacial score (nSPS) is 11.1. The summed E-state index contributed by atoms with van der Waals surface area (Å²) in [6, 6.07) is 1.67. The molecule has 0 bridgehead atoms. The quantitative estimate of drug-likeness (QED) is 0.459. The zero-order valence-electron chi connectivity index (χ0n) is 19.4. The Morgan fingerprint density at radius 2 is 1.85 bits per heavy atom. The Balaban J connectivity index is 1.69. The lowest BCUT2D eigenvalue weighted by atomic mass is 10.1. The maximum absolute atomic E-state index is 12.5. The van der Waals surface area contributed by atoms with Crippen LogP contribution in [0.5, 0.6) is 0 Å². The lowest BCUT2D eigenvalue weighted by molar-refractivity contribution is -0.147. The SMILES string of the molecule is CCOC(=O)c1cc(C(C)C)sc1NC(=O)COC(=O)Cn1cnc2c1c(=O)n(C)c(=O)n2C. The van der Waals surface area contributed by atoms with Crippen molar-refractivity contribution in [1.29, 1.82) is 0 Å². The van der Waals surface area contributed by atoms with Gasteiger partial charge in [0.2, 0.25) is 0 Å². The Bertz CT molecular complexity index is 1380. The van der Waals surface area contributed by atoms with Crippen molar-refractivity contribution in [2.24, 2.45) is 14.1 Å². The van der Waals surface area contributed by atoms with E-state index in [-0.39, 0.29) is 35.8 Å². The van der Waals surface area contributed by atoms with Crippen LogP contribution in [0.4, 0.5) is 5.00 Å². The molecule has 182 valence electrons. The van der Waals surface area contributed by atoms with E-state index in [1.165, 1.54) is 40.9 Å². The minimum Gasteiger partial charge on any atom is -0.462 e. The molecule has 0 saturated carbocycles. The molecule has 0 radical (unpaired) electrons. The molecule has 1 amide bonds. The first-order chi connectivity index (χ1) is 16.0. The first-order valence-electron chi connectivity index (χ1n) is 10.4. The molecule has 1 N–H and O–H groups in total. The Morgan fingerprint density at radius 1 is 1.15 bits per heavy atom. The average Bonchev–Trinajstić information content (AvgIpc) is 3.40. The van der Waals surface area contributed by atoms with Crippen molar-refractivity contribution >= 4 is 45.3 Å². The van der Waals surface area contributed by atoms with Gasteiger partial charge < -0.3 is 19.4 Å². The molecule has 34 heavy (non-hydrogen) atoms. The predicted molar refractivity (Wildman–Crippen MR) is 124 cm³/mol. The van der Waals surface area contributed by atoms with Crippen LogP contribution in [0.3, 0.4) is 0 Å². The third-order valence-electron chi connectivity index (χ3n) is 4.95. The number of rotatable bonds is 8. The number of esters is 2. The summed E-state index contributed by atoms with van der Waals surface area (Å²) in [5.41, 5.74) is -0.722. The van der Waals surface area contributed by atoms with Gasteiger partial charge in [-0.1, -0.05) is 13.8 Å². The molecule has 3 rings (SSSR count). The van der Waals surface area contributed by atoms with Crippen LogP contribution in [0.1, 0.15) is 41.9 Å². The van der Waals surface area contributed by atoms with E-state index in [1.54, 1.807) is 13.0 Å². The van der Waals surface area contributed by atoms with Crippen molar-refractivity contribution in [1.82, 2.24) is 18.7 Å². The molecular formula is C21H25N5O7S. The standard InChI is InChI=1S/C21H25N5O7S/c1-6-32-20(30)12-7-13(11(2)3)34-18(12)23-14(27)9-33-15(28)8-26-10-22-17-16(26)19(29)25(5)21(31)24(17)4/h7,10-11H,6,8-9H2,1-5H3,(H,23,27). The Labute approximate surface area is 197 Å². The lowest BCUT2D eigenvalue weighted by Gasteiger charge is -2.08. The lowest BCUT2D eigenvalue weighted by Crippen LogP contribution is -2.37. The van der Waals surface area contributed by atoms with Crippen LogP contribution in [0.2, 0.25) is 0 Å². The fraction of sp³-hybridized carbons (Fsp3) is 0.429. The summed E-state index contributed by atoms with van der Waals surface area (Å²) in [6.45, 7) is 4.81. The molecule has 13 heteroatoms. The summed E-state index contributed by atoms with van der Waals surface area (Å²) < 4.78 is 13.4. The van der Waals surface area contributed by atoms with E-state index in [0.29, 0.717) is 5.00 Å². The number of fused-ring (bicyclic) bond motifs is 1. The number of carbonyl (C=O) groups excluding carboxylic acids is 3. The molecule has 3 aromatic rings. The highest BCUT2D eigenvalue weighted by Gasteiger charge is 2.21. The Hall–Kier alpha value is -3.74. The minimum atomic E-state index is -0.787. The molecule has 3 heterocycles. The number of nitrogens with one attached hydrogen (secondary N) is 1. The molecule has 0 atom stereocenters. The molecule has 0 aliphatic heterocycles. The number of thiophene rings is 1. The largest absolute Gasteiger partial charge is 0.462 e. The monoisotopic (exact) mass is 491 g/mol. The smallest absolute Gasteiger partial charge is 0.341 e. The molecule has 0 spiro atoms. The fourth-order valence-electron chi connectivity index (χ4n) is 3.16. The molecule has 0 unspecified atom stereocenters. The molecular weight excluding hydrogens is 466 g/mol. The second-order valence-corrected chi connectivity index (χ2v) is 8.81. The van der Waals surface area contributed by atoms with E-state index in [2.05, 4.69) is 10.3 Å². The van der Waals surface area contributed by atoms with Crippen LogP contribution >= 0.6 is 11.3 Å². The molecule has 0 saturated heterocycles. The summed E-state index contributed by atoms with van der Waals surface area (Å²) in [5.74, 6) is -1.84. The van der Waals surface area contributed by atoms with Gasteiger partial charge in [-0.2, -0.15) is 0 Å². The van der Waals surface area contributed by atoms with Crippen molar-refractivity contribution in [2.45, 2.75) is 33.2 Å². The summed E-state index contributed by atoms with van der Waals surface area (Å²) >= 11 is 1.24. The Morgan fingerprint density at radius 3 is 2.50 bits per heavy atom. The molecule has 0 aromatic carbocycles. The summed E-state index contributed by atoms with van der Waals surface area (Å²) in [7, 11) is 2.79. The van der Waals surface area contributed by atoms with E-state index >= 15 is 0 Å². The van der Waals surface area contributed by atoms with E-state index in [0.717, 1.165) is 9.44 Å². The van der Waals surface area contributed by atoms with Crippen molar-refractivity contribution in [3.05, 3.63) is 43.7 Å². The Kier molecular flexibility index (Phi) is 7.35. The summed E-state index contributed by atoms with van der Waals surface area (Å²) in [5, 5.41) is 2.90. The van der Waals surface area contributed by atoms with Gasteiger partial charge in [-0.3, -0.25) is 23.5 Å². The van der Waals surface area contributed by atoms with Gasteiger partial charge in [0.25, 0.3) is 11.5 Å². The van der Waals surface area contributed by atoms with Gasteiger partial charge in [0.15, 0.2) is 17.8 Å². The van der Waals surface area contributed by atoms with E-state index in [9.17, 15) is 24.0 Å². The molecule has 0 aliphatic carbocycles. The van der Waals surface area contributed by atoms with Gasteiger partial charge in [-0.05, 0) is 18.9 Å². The van der Waals surface area contributed by atoms with Gasteiger partial charge in [0.05, 0.1) is 18.5 Å². The van der Waals surface area contributed by atoms with Gasteiger partial charge in [-0.25, -0.2) is 14.6 Å². The van der Waals surface area contributed by atoms with Crippen molar-refractivity contribution in [2.75, 3.05) is 18.5 Å². The first-order valence-corrected chi connectivity index (χ1v) is 11.2. The number of imidazole rings is 1. The third kappa shape index (κ3) is 4.93. The second-order valence-electron chi connectivity index (χ2n) is 7.73. The molecule has 3 aromatic heterocycles. The van der Waals surface area contributed by atoms with E-state index in [1.807, 2.05) is 13.8 Å². The van der Waals surface area contributed by atoms with Crippen molar-refractivity contribution in [3.8, 4) is 0 Å². The number of hydrogen-bond acceptors (Lipinski definition) is 9. The van der Waals surface area contributed by atoms with Crippen LogP contribution in [0, 0.1) is 0 Å². The predicted octanol–water partition coefficient (Wildman–Crippen LogP) is 0.977. The third-order valence-corrected chi connectivity index (χ3v) is 6.30. The van der Waals surface area contributed by atoms with E-state index in [4.69, 9.17) is 9.47 Å². The highest BCUT2D eigenvalue weighted by Crippen LogP contribution is 2.33. The van der Waals surface area contributed by atoms with Crippen LogP contribution < -0.4 is 16.6 Å². The van der Waals surface area contributed by atoms with Crippen molar-refractivity contribution < 1.29 is 23.9 Å². The number of carbonyl (C=O) groups is 3. The fourth-order valence-corrected chi connectivity index (χ4v) is 4.22. The van der Waals surface area contributed by atoms with Gasteiger partial charge in [0.1, 0.15) is 11.5 Å². The average molecular weight is 492 g/mol. The maximum atomic E-state index is 12.5. The number of ether oxygens (including phenoxy) is 2. The summed E-state index contributed by atoms with van der Waals surface area (Å²) in [6.07, 6.45) is 1.25. The topological polar surface area (TPSA) is 144 Å². The second kappa shape index (κ2) is 10.0. The molecule has 12 nitrogen and oxygen atoms in total. The number of hydrogen-bond donors (Lipinski definition) is 1. The number of anilines is 1. The van der Waals surface area contributed by atoms with Gasteiger partial charge in [-0.15, -0.1) is 11.3 Å². The molecule has 0 fully saturated rings. The number of aryl methyl sites for hydroxylation is 1. The minimum absolute atomic E-state index is 0.0601. The van der Waals surface area contributed by atoms with Crippen LogP contribution in [0.25, 0.3) is 11.2 Å². The van der Waals surface area contributed by atoms with Gasteiger partial charge in [0, 0.05) is 19.0 Å². The number of aromatic nitrogens is 4. The van der Waals surface area contributed by atoms with Crippen LogP contribution in [0.15, 0.2) is 22.0 Å². The zero-order valence-corrected chi connectivity index (χ0v) is 20.2. The highest BCUT2D eigenvalue weighted by molar-refractivity contribution is 7.16. The molecule has 0 aliphatic rings. The highest BCUT2D eigenvalue weighted by atomic mass is 32.1. The number of nitrogens with zero attached hydrogens (tertiary/aromatic N) is 4. The summed E-state index contributed by atoms with van der Waals surface area (Å²) in [4.78, 5) is 66.3. The van der Waals surface area contributed by atoms with E-state index < -0.39 is 35.7 Å². The maximum Gasteiger partial charge on any atom is 0.341 e.